The second-order valence-corrected chi connectivity index (χ2v) is 13.6. The van der Waals surface area contributed by atoms with Gasteiger partial charge in [-0.15, -0.1) is 0 Å². The summed E-state index contributed by atoms with van der Waals surface area (Å²) in [5, 5.41) is 37.6. The minimum Gasteiger partial charge on any atom is -0.455 e. The van der Waals surface area contributed by atoms with Gasteiger partial charge in [0.2, 0.25) is 0 Å². The van der Waals surface area contributed by atoms with E-state index in [0.29, 0.717) is 12.2 Å². The van der Waals surface area contributed by atoms with Crippen molar-refractivity contribution in [2.45, 2.75) is 67.0 Å². The van der Waals surface area contributed by atoms with Crippen molar-refractivity contribution >= 4 is 5.97 Å². The largest absolute Gasteiger partial charge is 0.455 e. The molecule has 6 fully saturated rings. The van der Waals surface area contributed by atoms with Crippen LogP contribution in [0.1, 0.15) is 29.6 Å². The number of aliphatic hydroxyl groups excluding tert-OH is 1. The van der Waals surface area contributed by atoms with Gasteiger partial charge in [0, 0.05) is 69.6 Å². The van der Waals surface area contributed by atoms with Crippen LogP contribution in [0.25, 0.3) is 0 Å². The van der Waals surface area contributed by atoms with E-state index in [1.807, 2.05) is 6.07 Å². The van der Waals surface area contributed by atoms with E-state index in [4.69, 9.17) is 23.7 Å². The van der Waals surface area contributed by atoms with E-state index in [1.165, 1.54) is 7.11 Å². The highest BCUT2D eigenvalue weighted by Crippen LogP contribution is 2.80. The molecule has 226 valence electrons. The van der Waals surface area contributed by atoms with Crippen LogP contribution in [-0.2, 0) is 23.7 Å². The summed E-state index contributed by atoms with van der Waals surface area (Å²) in [6.45, 7) is 1.29. The maximum absolute atomic E-state index is 13.5. The van der Waals surface area contributed by atoms with Crippen molar-refractivity contribution in [3.63, 3.8) is 0 Å². The molecular weight excluding hydrogens is 530 g/mol. The number of rotatable bonds is 7. The molecule has 5 saturated carbocycles. The number of carbonyl (C=O) groups excluding carboxylic acids is 1. The zero-order chi connectivity index (χ0) is 29.1. The first-order chi connectivity index (χ1) is 19.6. The van der Waals surface area contributed by atoms with Crippen LogP contribution in [0.4, 0.5) is 0 Å². The second-order valence-electron chi connectivity index (χ2n) is 13.6. The molecule has 41 heavy (non-hydrogen) atoms. The molecule has 1 aromatic carbocycles. The zero-order valence-electron chi connectivity index (χ0n) is 24.4. The third-order valence-corrected chi connectivity index (χ3v) is 12.5. The Hall–Kier alpha value is -1.63. The lowest BCUT2D eigenvalue weighted by atomic mass is 9.43. The van der Waals surface area contributed by atoms with Gasteiger partial charge >= 0.3 is 5.97 Å². The number of carbonyl (C=O) groups is 1. The molecule has 1 unspecified atom stereocenters. The molecule has 1 heterocycles. The average Bonchev–Trinajstić information content (AvgIpc) is 3.36. The van der Waals surface area contributed by atoms with Crippen LogP contribution in [0.15, 0.2) is 30.3 Å². The zero-order valence-corrected chi connectivity index (χ0v) is 24.4. The molecule has 14 atom stereocenters. The Kier molecular flexibility index (Phi) is 6.31. The number of piperidine rings is 1. The maximum atomic E-state index is 13.5. The molecule has 1 aliphatic heterocycles. The van der Waals surface area contributed by atoms with Gasteiger partial charge in [-0.1, -0.05) is 18.2 Å². The van der Waals surface area contributed by atoms with Gasteiger partial charge in [0.05, 0.1) is 24.4 Å². The van der Waals surface area contributed by atoms with Gasteiger partial charge in [0.1, 0.15) is 29.5 Å². The van der Waals surface area contributed by atoms with Crippen LogP contribution < -0.4 is 0 Å². The number of likely N-dealkylation sites (tertiary alicyclic amines) is 1. The Morgan fingerprint density at radius 3 is 2.39 bits per heavy atom. The lowest BCUT2D eigenvalue weighted by Gasteiger charge is -2.69. The summed E-state index contributed by atoms with van der Waals surface area (Å²) < 4.78 is 30.6. The first kappa shape index (κ1) is 28.2. The molecule has 10 heteroatoms. The van der Waals surface area contributed by atoms with Crippen LogP contribution in [0.5, 0.6) is 0 Å². The van der Waals surface area contributed by atoms with Crippen LogP contribution in [-0.4, -0.2) is 123 Å². The lowest BCUT2D eigenvalue weighted by molar-refractivity contribution is -0.313. The van der Waals surface area contributed by atoms with Crippen molar-refractivity contribution in [2.24, 2.45) is 34.5 Å². The number of benzene rings is 1. The highest BCUT2D eigenvalue weighted by molar-refractivity contribution is 5.89. The van der Waals surface area contributed by atoms with E-state index in [9.17, 15) is 20.1 Å². The summed E-state index contributed by atoms with van der Waals surface area (Å²) >= 11 is 0. The number of nitrogens with zero attached hydrogens (tertiary/aromatic N) is 1. The summed E-state index contributed by atoms with van der Waals surface area (Å²) in [5.41, 5.74) is -3.95. The van der Waals surface area contributed by atoms with Crippen LogP contribution in [0, 0.1) is 34.5 Å². The summed E-state index contributed by atoms with van der Waals surface area (Å²) in [6.07, 6.45) is -2.45. The van der Waals surface area contributed by atoms with Crippen LogP contribution >= 0.6 is 0 Å². The Labute approximate surface area is 240 Å². The molecule has 0 aromatic heterocycles. The van der Waals surface area contributed by atoms with Crippen LogP contribution in [0.3, 0.4) is 0 Å². The molecular formula is C31H43NO9. The van der Waals surface area contributed by atoms with Crippen LogP contribution in [0.2, 0.25) is 0 Å². The molecule has 1 aromatic rings. The van der Waals surface area contributed by atoms with Gasteiger partial charge < -0.3 is 43.9 Å². The molecule has 0 radical (unpaired) electrons. The molecule has 0 amide bonds. The molecule has 6 aliphatic rings. The highest BCUT2D eigenvalue weighted by atomic mass is 16.6. The van der Waals surface area contributed by atoms with E-state index in [-0.39, 0.29) is 35.8 Å². The van der Waals surface area contributed by atoms with E-state index in [0.717, 1.165) is 19.4 Å². The van der Waals surface area contributed by atoms with E-state index >= 15 is 0 Å². The van der Waals surface area contributed by atoms with Crippen molar-refractivity contribution in [1.29, 1.82) is 0 Å². The maximum Gasteiger partial charge on any atom is 0.338 e. The van der Waals surface area contributed by atoms with Crippen molar-refractivity contribution in [2.75, 3.05) is 48.6 Å². The number of aliphatic hydroxyl groups is 3. The van der Waals surface area contributed by atoms with Crippen molar-refractivity contribution in [3.8, 4) is 0 Å². The Bertz CT molecular complexity index is 1200. The van der Waals surface area contributed by atoms with Crippen molar-refractivity contribution < 1.29 is 43.8 Å². The number of hydrogen-bond donors (Lipinski definition) is 3. The van der Waals surface area contributed by atoms with Gasteiger partial charge in [-0.25, -0.2) is 4.79 Å². The molecule has 10 nitrogen and oxygen atoms in total. The summed E-state index contributed by atoms with van der Waals surface area (Å²) in [7, 11) is 8.65. The van der Waals surface area contributed by atoms with Gasteiger partial charge in [0.15, 0.2) is 0 Å². The standard InChI is InChI=1S/C31H43NO9/c1-32-14-28(15-37-2)12-11-18(38-3)30-17-13-29(35)25(41-27(34)16-9-7-6-8-10-16)19(17)31(36,24(33)26(29)40-5)20(23(30)32)21(39-4)22(28)30/h6-10,17-26,33,35-36H,11-15H2,1-5H3/t17-,18+,19-,20+,21+,22-,23?,24+,25-,26+,28+,29-,30+,31-/m1/s1. The Morgan fingerprint density at radius 1 is 1.02 bits per heavy atom. The third-order valence-electron chi connectivity index (χ3n) is 12.5. The topological polar surface area (TPSA) is 127 Å². The monoisotopic (exact) mass is 573 g/mol. The fourth-order valence-corrected chi connectivity index (χ4v) is 11.8. The van der Waals surface area contributed by atoms with Gasteiger partial charge in [-0.2, -0.15) is 0 Å². The van der Waals surface area contributed by atoms with Gasteiger partial charge in [0.25, 0.3) is 0 Å². The minimum atomic E-state index is -1.76. The molecule has 7 rings (SSSR count). The number of hydrogen-bond acceptors (Lipinski definition) is 10. The van der Waals surface area contributed by atoms with Crippen molar-refractivity contribution in [1.82, 2.24) is 4.90 Å². The summed E-state index contributed by atoms with van der Waals surface area (Å²) in [6, 6.07) is 8.46. The number of esters is 1. The normalized spacial score (nSPS) is 52.9. The molecule has 7 bridgehead atoms. The van der Waals surface area contributed by atoms with Gasteiger partial charge in [-0.05, 0) is 44.4 Å². The highest BCUT2D eigenvalue weighted by Gasteiger charge is 2.90. The predicted octanol–water partition coefficient (Wildman–Crippen LogP) is 0.716. The minimum absolute atomic E-state index is 0.0644. The summed E-state index contributed by atoms with van der Waals surface area (Å²) in [5.74, 6) is -2.30. The van der Waals surface area contributed by atoms with E-state index in [1.54, 1.807) is 45.6 Å². The van der Waals surface area contributed by atoms with Gasteiger partial charge in [-0.3, -0.25) is 0 Å². The van der Waals surface area contributed by atoms with Crippen molar-refractivity contribution in [3.05, 3.63) is 35.9 Å². The quantitative estimate of drug-likeness (QED) is 0.402. The molecule has 1 spiro atoms. The Morgan fingerprint density at radius 2 is 1.76 bits per heavy atom. The number of methoxy groups -OCH3 is 4. The van der Waals surface area contributed by atoms with E-state index in [2.05, 4.69) is 11.9 Å². The van der Waals surface area contributed by atoms with E-state index < -0.39 is 58.8 Å². The predicted molar refractivity (Wildman–Crippen MR) is 145 cm³/mol. The smallest absolute Gasteiger partial charge is 0.338 e. The first-order valence-electron chi connectivity index (χ1n) is 14.8. The second kappa shape index (κ2) is 9.19. The summed E-state index contributed by atoms with van der Waals surface area (Å²) in [4.78, 5) is 15.8. The number of fused-ring (bicyclic) bond motifs is 2. The third kappa shape index (κ3) is 3.08. The fraction of sp³-hybridized carbons (Fsp3) is 0.774. The molecule has 3 N–H and O–H groups in total. The SMILES string of the molecule is COC[C@@]12CC[C@H](OC)[C@]34C([C@H]([C@H](OC)[C@H]13)[C@]1(O)[C@H]3[C@@H](OC(=O)c5ccccc5)[C@](O)(C[C@H]34)[C@@H](OC)[C@@H]1O)N(C)C2. The molecule has 1 saturated heterocycles. The molecule has 5 aliphatic carbocycles. The number of ether oxygens (including phenoxy) is 5. The average molecular weight is 574 g/mol. The fourth-order valence-electron chi connectivity index (χ4n) is 11.8. The lowest BCUT2D eigenvalue weighted by Crippen LogP contribution is -2.79. The first-order valence-corrected chi connectivity index (χ1v) is 14.8. The Balaban J connectivity index is 1.46.